The molecule has 0 saturated heterocycles. The van der Waals surface area contributed by atoms with Gasteiger partial charge in [-0.25, -0.2) is 9.59 Å². The molecule has 0 aliphatic heterocycles. The number of ether oxygens (including phenoxy) is 7. The third-order valence-corrected chi connectivity index (χ3v) is 6.12. The Morgan fingerprint density at radius 3 is 1.46 bits per heavy atom. The highest BCUT2D eigenvalue weighted by molar-refractivity contribution is 5.78. The van der Waals surface area contributed by atoms with Crippen LogP contribution in [0.25, 0.3) is 0 Å². The van der Waals surface area contributed by atoms with Gasteiger partial charge >= 0.3 is 11.9 Å². The molecule has 0 radical (unpaired) electrons. The van der Waals surface area contributed by atoms with Crippen LogP contribution < -0.4 is 14.2 Å². The lowest BCUT2D eigenvalue weighted by molar-refractivity contribution is -0.180. The van der Waals surface area contributed by atoms with Gasteiger partial charge in [-0.15, -0.1) is 0 Å². The lowest BCUT2D eigenvalue weighted by Gasteiger charge is -2.29. The highest BCUT2D eigenvalue weighted by Crippen LogP contribution is 2.41. The van der Waals surface area contributed by atoms with Crippen molar-refractivity contribution in [3.05, 3.63) is 89.5 Å². The monoisotopic (exact) mass is 538 g/mol. The minimum Gasteiger partial charge on any atom is -0.496 e. The molecule has 0 saturated carbocycles. The van der Waals surface area contributed by atoms with E-state index >= 15 is 0 Å². The van der Waals surface area contributed by atoms with Crippen LogP contribution in [0, 0.1) is 0 Å². The molecule has 9 heteroatoms. The summed E-state index contributed by atoms with van der Waals surface area (Å²) in [6, 6.07) is 21.1. The summed E-state index contributed by atoms with van der Waals surface area (Å²) in [5.41, 5.74) is 1.63. The van der Waals surface area contributed by atoms with E-state index in [2.05, 4.69) is 0 Å². The van der Waals surface area contributed by atoms with Gasteiger partial charge in [0.25, 0.3) is 0 Å². The van der Waals surface area contributed by atoms with E-state index in [1.807, 2.05) is 12.1 Å². The maximum atomic E-state index is 13.4. The second kappa shape index (κ2) is 14.2. The van der Waals surface area contributed by atoms with Crippen LogP contribution in [0.5, 0.6) is 17.2 Å². The second-order valence-corrected chi connectivity index (χ2v) is 8.50. The SMILES string of the molecule is COc1cc(OC)c([C@@H](OC(=O)[C@@H](OC)c2ccccc2)[C@H](C)OC(=O)[C@@H](OC)c2ccccc2)cc1OC. The van der Waals surface area contributed by atoms with Crippen molar-refractivity contribution in [1.82, 2.24) is 0 Å². The van der Waals surface area contributed by atoms with Crippen molar-refractivity contribution in [1.29, 1.82) is 0 Å². The van der Waals surface area contributed by atoms with Crippen molar-refractivity contribution in [3.8, 4) is 17.2 Å². The normalized spacial score (nSPS) is 13.9. The van der Waals surface area contributed by atoms with Gasteiger partial charge in [-0.05, 0) is 24.1 Å². The third kappa shape index (κ3) is 7.07. The molecule has 0 heterocycles. The van der Waals surface area contributed by atoms with Gasteiger partial charge in [-0.3, -0.25) is 0 Å². The predicted molar refractivity (Wildman–Crippen MR) is 143 cm³/mol. The van der Waals surface area contributed by atoms with Crippen LogP contribution in [0.4, 0.5) is 0 Å². The molecular weight excluding hydrogens is 504 g/mol. The Morgan fingerprint density at radius 1 is 0.590 bits per heavy atom. The molecule has 3 aromatic carbocycles. The molecule has 0 aliphatic rings. The van der Waals surface area contributed by atoms with Gasteiger partial charge in [0, 0.05) is 25.8 Å². The first-order chi connectivity index (χ1) is 18.9. The Morgan fingerprint density at radius 2 is 1.03 bits per heavy atom. The fourth-order valence-electron chi connectivity index (χ4n) is 4.17. The van der Waals surface area contributed by atoms with Gasteiger partial charge in [0.05, 0.1) is 21.3 Å². The van der Waals surface area contributed by atoms with E-state index in [0.29, 0.717) is 33.9 Å². The highest BCUT2D eigenvalue weighted by Gasteiger charge is 2.35. The first-order valence-corrected chi connectivity index (χ1v) is 12.2. The number of carbonyl (C=O) groups excluding carboxylic acids is 2. The topological polar surface area (TPSA) is 98.8 Å². The van der Waals surface area contributed by atoms with Crippen LogP contribution in [0.2, 0.25) is 0 Å². The molecule has 0 spiro atoms. The third-order valence-electron chi connectivity index (χ3n) is 6.12. The summed E-state index contributed by atoms with van der Waals surface area (Å²) < 4.78 is 39.1. The largest absolute Gasteiger partial charge is 0.496 e. The molecule has 0 aromatic heterocycles. The molecule has 4 atom stereocenters. The van der Waals surface area contributed by atoms with Crippen LogP contribution in [0.3, 0.4) is 0 Å². The van der Waals surface area contributed by atoms with Gasteiger partial charge in [0.2, 0.25) is 0 Å². The number of hydrogen-bond acceptors (Lipinski definition) is 9. The molecule has 208 valence electrons. The zero-order valence-corrected chi connectivity index (χ0v) is 22.9. The quantitative estimate of drug-likeness (QED) is 0.278. The predicted octanol–water partition coefficient (Wildman–Crippen LogP) is 5.00. The van der Waals surface area contributed by atoms with Crippen molar-refractivity contribution in [2.45, 2.75) is 31.3 Å². The Bertz CT molecular complexity index is 1210. The number of benzene rings is 3. The number of carbonyl (C=O) groups is 2. The van der Waals surface area contributed by atoms with E-state index in [4.69, 9.17) is 33.2 Å². The number of hydrogen-bond donors (Lipinski definition) is 0. The lowest BCUT2D eigenvalue weighted by atomic mass is 10.0. The van der Waals surface area contributed by atoms with E-state index in [-0.39, 0.29) is 0 Å². The number of esters is 2. The summed E-state index contributed by atoms with van der Waals surface area (Å²) in [4.78, 5) is 26.6. The van der Waals surface area contributed by atoms with Crippen LogP contribution in [-0.4, -0.2) is 53.6 Å². The molecule has 0 aliphatic carbocycles. The van der Waals surface area contributed by atoms with Crippen LogP contribution in [0.1, 0.15) is 41.9 Å². The average molecular weight is 539 g/mol. The molecular formula is C30H34O9. The van der Waals surface area contributed by atoms with Crippen molar-refractivity contribution in [2.75, 3.05) is 35.5 Å². The van der Waals surface area contributed by atoms with Gasteiger partial charge < -0.3 is 33.2 Å². The molecule has 0 fully saturated rings. The van der Waals surface area contributed by atoms with Gasteiger partial charge in [-0.1, -0.05) is 60.7 Å². The summed E-state index contributed by atoms with van der Waals surface area (Å²) in [5.74, 6) is -0.204. The Labute approximate surface area is 228 Å². The molecule has 9 nitrogen and oxygen atoms in total. The van der Waals surface area contributed by atoms with Crippen LogP contribution >= 0.6 is 0 Å². The summed E-state index contributed by atoms with van der Waals surface area (Å²) in [5, 5.41) is 0. The molecule has 0 N–H and O–H groups in total. The van der Waals surface area contributed by atoms with E-state index in [9.17, 15) is 9.59 Å². The van der Waals surface area contributed by atoms with E-state index < -0.39 is 36.4 Å². The number of rotatable bonds is 13. The standard InChI is InChI=1S/C30H34O9/c1-19(38-29(31)27(36-5)20-13-9-7-10-14-20)26(22-17-24(34-3)25(35-4)18-23(22)33-2)39-30(32)28(37-6)21-15-11-8-12-16-21/h7-19,26-28H,1-6H3/t19-,26-,27-,28-/m0/s1. The van der Waals surface area contributed by atoms with Crippen molar-refractivity contribution >= 4 is 11.9 Å². The fraction of sp³-hybridized carbons (Fsp3) is 0.333. The Balaban J connectivity index is 2.00. The maximum absolute atomic E-state index is 13.4. The maximum Gasteiger partial charge on any atom is 0.340 e. The van der Waals surface area contributed by atoms with Crippen molar-refractivity contribution in [3.63, 3.8) is 0 Å². The summed E-state index contributed by atoms with van der Waals surface area (Å²) in [6.45, 7) is 1.62. The first-order valence-electron chi connectivity index (χ1n) is 12.2. The second-order valence-electron chi connectivity index (χ2n) is 8.50. The summed E-state index contributed by atoms with van der Waals surface area (Å²) >= 11 is 0. The average Bonchev–Trinajstić information content (AvgIpc) is 2.97. The van der Waals surface area contributed by atoms with Gasteiger partial charge in [-0.2, -0.15) is 0 Å². The zero-order chi connectivity index (χ0) is 28.4. The minimum absolute atomic E-state index is 0.341. The Hall–Kier alpha value is -4.08. The zero-order valence-electron chi connectivity index (χ0n) is 22.9. The molecule has 39 heavy (non-hydrogen) atoms. The molecule has 3 rings (SSSR count). The van der Waals surface area contributed by atoms with Crippen molar-refractivity contribution < 1.29 is 42.7 Å². The first kappa shape index (κ1) is 29.5. The molecule has 3 aromatic rings. The fourth-order valence-corrected chi connectivity index (χ4v) is 4.17. The molecule has 0 unspecified atom stereocenters. The smallest absolute Gasteiger partial charge is 0.340 e. The lowest BCUT2D eigenvalue weighted by Crippen LogP contribution is -2.31. The molecule has 0 amide bonds. The van der Waals surface area contributed by atoms with E-state index in [1.165, 1.54) is 35.5 Å². The number of methoxy groups -OCH3 is 5. The van der Waals surface area contributed by atoms with Crippen molar-refractivity contribution in [2.24, 2.45) is 0 Å². The van der Waals surface area contributed by atoms with E-state index in [1.54, 1.807) is 67.6 Å². The highest BCUT2D eigenvalue weighted by atomic mass is 16.6. The van der Waals surface area contributed by atoms with E-state index in [0.717, 1.165) is 0 Å². The minimum atomic E-state index is -1.11. The van der Waals surface area contributed by atoms with Crippen LogP contribution in [-0.2, 0) is 28.5 Å². The Kier molecular flexibility index (Phi) is 10.7. The van der Waals surface area contributed by atoms with Gasteiger partial charge in [0.1, 0.15) is 11.9 Å². The van der Waals surface area contributed by atoms with Gasteiger partial charge in [0.15, 0.2) is 29.8 Å². The van der Waals surface area contributed by atoms with Crippen LogP contribution in [0.15, 0.2) is 72.8 Å². The summed E-state index contributed by atoms with van der Waals surface area (Å²) in [7, 11) is 7.28. The summed E-state index contributed by atoms with van der Waals surface area (Å²) in [6.07, 6.45) is -4.07. The molecule has 0 bridgehead atoms.